The van der Waals surface area contributed by atoms with E-state index in [-0.39, 0.29) is 35.0 Å². The standard InChI is InChI=1S/C17H25NO6S/c1-22-13-8-9-15(23-2)16(10-13)25(20,21)18-11-12-6-4-5-7-14(12)17(19)24-3/h8-10,12,14,18H,4-7,11H2,1-3H3. The summed E-state index contributed by atoms with van der Waals surface area (Å²) in [7, 11) is 0.441. The number of benzene rings is 1. The Kier molecular flexibility index (Phi) is 6.66. The molecule has 7 nitrogen and oxygen atoms in total. The van der Waals surface area contributed by atoms with Crippen LogP contribution in [0.1, 0.15) is 25.7 Å². The van der Waals surface area contributed by atoms with Crippen molar-refractivity contribution in [2.24, 2.45) is 11.8 Å². The third-order valence-corrected chi connectivity index (χ3v) is 6.05. The van der Waals surface area contributed by atoms with Gasteiger partial charge in [-0.25, -0.2) is 13.1 Å². The second kappa shape index (κ2) is 8.53. The molecule has 8 heteroatoms. The van der Waals surface area contributed by atoms with E-state index in [2.05, 4.69) is 4.72 Å². The predicted octanol–water partition coefficient (Wildman–Crippen LogP) is 1.96. The van der Waals surface area contributed by atoms with E-state index in [9.17, 15) is 13.2 Å². The first-order valence-corrected chi connectivity index (χ1v) is 9.70. The Morgan fingerprint density at radius 2 is 1.88 bits per heavy atom. The van der Waals surface area contributed by atoms with E-state index in [1.807, 2.05) is 0 Å². The van der Waals surface area contributed by atoms with Gasteiger partial charge in [-0.3, -0.25) is 4.79 Å². The Labute approximate surface area is 148 Å². The van der Waals surface area contributed by atoms with Crippen molar-refractivity contribution in [3.05, 3.63) is 18.2 Å². The van der Waals surface area contributed by atoms with Crippen LogP contribution in [0.15, 0.2) is 23.1 Å². The lowest BCUT2D eigenvalue weighted by atomic mass is 9.79. The van der Waals surface area contributed by atoms with Gasteiger partial charge in [-0.1, -0.05) is 12.8 Å². The van der Waals surface area contributed by atoms with Crippen LogP contribution in [0.2, 0.25) is 0 Å². The van der Waals surface area contributed by atoms with Crippen molar-refractivity contribution in [3.63, 3.8) is 0 Å². The number of esters is 1. The molecule has 25 heavy (non-hydrogen) atoms. The number of hydrogen-bond donors (Lipinski definition) is 1. The zero-order valence-corrected chi connectivity index (χ0v) is 15.6. The number of carbonyl (C=O) groups excluding carboxylic acids is 1. The van der Waals surface area contributed by atoms with Crippen LogP contribution in [-0.4, -0.2) is 42.3 Å². The Bertz CT molecular complexity index is 703. The summed E-state index contributed by atoms with van der Waals surface area (Å²) in [6, 6.07) is 4.59. The lowest BCUT2D eigenvalue weighted by Gasteiger charge is -2.29. The second-order valence-electron chi connectivity index (χ2n) is 6.04. The molecule has 140 valence electrons. The molecule has 0 amide bonds. The van der Waals surface area contributed by atoms with Gasteiger partial charge in [0.15, 0.2) is 0 Å². The highest BCUT2D eigenvalue weighted by Crippen LogP contribution is 2.32. The Morgan fingerprint density at radius 1 is 1.16 bits per heavy atom. The van der Waals surface area contributed by atoms with Crippen molar-refractivity contribution in [1.29, 1.82) is 0 Å². The van der Waals surface area contributed by atoms with Gasteiger partial charge in [0, 0.05) is 12.6 Å². The Balaban J connectivity index is 2.17. The zero-order valence-electron chi connectivity index (χ0n) is 14.8. The first kappa shape index (κ1) is 19.5. The van der Waals surface area contributed by atoms with Crippen LogP contribution in [0.4, 0.5) is 0 Å². The van der Waals surface area contributed by atoms with E-state index in [0.29, 0.717) is 5.75 Å². The van der Waals surface area contributed by atoms with Gasteiger partial charge in [0.25, 0.3) is 0 Å². The monoisotopic (exact) mass is 371 g/mol. The maximum atomic E-state index is 12.7. The summed E-state index contributed by atoms with van der Waals surface area (Å²) in [6.07, 6.45) is 3.44. The molecule has 1 aromatic carbocycles. The lowest BCUT2D eigenvalue weighted by Crippen LogP contribution is -2.37. The molecule has 0 spiro atoms. The second-order valence-corrected chi connectivity index (χ2v) is 7.78. The maximum absolute atomic E-state index is 12.7. The molecule has 0 heterocycles. The Morgan fingerprint density at radius 3 is 2.52 bits per heavy atom. The van der Waals surface area contributed by atoms with Gasteiger partial charge >= 0.3 is 5.97 Å². The van der Waals surface area contributed by atoms with E-state index < -0.39 is 10.0 Å². The molecule has 0 aliphatic heterocycles. The molecule has 1 aliphatic rings. The van der Waals surface area contributed by atoms with Crippen molar-refractivity contribution < 1.29 is 27.4 Å². The van der Waals surface area contributed by atoms with Crippen LogP contribution in [0, 0.1) is 11.8 Å². The van der Waals surface area contributed by atoms with Crippen molar-refractivity contribution in [2.45, 2.75) is 30.6 Å². The van der Waals surface area contributed by atoms with Crippen LogP contribution in [0.5, 0.6) is 11.5 Å². The van der Waals surface area contributed by atoms with Gasteiger partial charge in [0.2, 0.25) is 10.0 Å². The smallest absolute Gasteiger partial charge is 0.308 e. The van der Waals surface area contributed by atoms with Gasteiger partial charge < -0.3 is 14.2 Å². The molecule has 1 saturated carbocycles. The van der Waals surface area contributed by atoms with Crippen LogP contribution < -0.4 is 14.2 Å². The summed E-state index contributed by atoms with van der Waals surface area (Å²) in [6.45, 7) is 0.183. The molecule has 0 bridgehead atoms. The third kappa shape index (κ3) is 4.64. The van der Waals surface area contributed by atoms with Gasteiger partial charge in [-0.05, 0) is 30.9 Å². The first-order chi connectivity index (χ1) is 11.9. The van der Waals surface area contributed by atoms with Crippen molar-refractivity contribution in [3.8, 4) is 11.5 Å². The maximum Gasteiger partial charge on any atom is 0.308 e. The average molecular weight is 371 g/mol. The molecule has 1 aliphatic carbocycles. The number of sulfonamides is 1. The number of methoxy groups -OCH3 is 3. The molecule has 2 atom stereocenters. The Hall–Kier alpha value is -1.80. The molecule has 0 aromatic heterocycles. The minimum atomic E-state index is -3.80. The lowest BCUT2D eigenvalue weighted by molar-refractivity contribution is -0.148. The number of carbonyl (C=O) groups is 1. The quantitative estimate of drug-likeness (QED) is 0.737. The molecule has 0 radical (unpaired) electrons. The van der Waals surface area contributed by atoms with E-state index in [1.54, 1.807) is 12.1 Å². The largest absolute Gasteiger partial charge is 0.497 e. The van der Waals surface area contributed by atoms with E-state index in [1.165, 1.54) is 27.4 Å². The molecular formula is C17H25NO6S. The number of nitrogens with one attached hydrogen (secondary N) is 1. The van der Waals surface area contributed by atoms with Gasteiger partial charge in [0.05, 0.1) is 27.2 Å². The summed E-state index contributed by atoms with van der Waals surface area (Å²) in [5.74, 6) is 0.0387. The van der Waals surface area contributed by atoms with Crippen molar-refractivity contribution in [2.75, 3.05) is 27.9 Å². The predicted molar refractivity (Wildman–Crippen MR) is 92.2 cm³/mol. The first-order valence-electron chi connectivity index (χ1n) is 8.22. The highest BCUT2D eigenvalue weighted by Gasteiger charge is 2.33. The summed E-state index contributed by atoms with van der Waals surface area (Å²) in [4.78, 5) is 11.9. The summed E-state index contributed by atoms with van der Waals surface area (Å²) in [5, 5.41) is 0. The minimum Gasteiger partial charge on any atom is -0.497 e. The summed E-state index contributed by atoms with van der Waals surface area (Å²) in [5.41, 5.74) is 0. The molecule has 0 saturated heterocycles. The van der Waals surface area contributed by atoms with Gasteiger partial charge in [0.1, 0.15) is 16.4 Å². The van der Waals surface area contributed by atoms with Crippen molar-refractivity contribution in [1.82, 2.24) is 4.72 Å². The summed E-state index contributed by atoms with van der Waals surface area (Å²) < 4.78 is 43.1. The number of hydrogen-bond acceptors (Lipinski definition) is 6. The van der Waals surface area contributed by atoms with Gasteiger partial charge in [-0.15, -0.1) is 0 Å². The van der Waals surface area contributed by atoms with Crippen LogP contribution >= 0.6 is 0 Å². The SMILES string of the molecule is COC(=O)C1CCCCC1CNS(=O)(=O)c1cc(OC)ccc1OC. The third-order valence-electron chi connectivity index (χ3n) is 4.61. The van der Waals surface area contributed by atoms with Crippen LogP contribution in [-0.2, 0) is 19.6 Å². The summed E-state index contributed by atoms with van der Waals surface area (Å²) >= 11 is 0. The fourth-order valence-electron chi connectivity index (χ4n) is 3.20. The van der Waals surface area contributed by atoms with E-state index in [4.69, 9.17) is 14.2 Å². The normalized spacial score (nSPS) is 20.8. The van der Waals surface area contributed by atoms with Crippen molar-refractivity contribution >= 4 is 16.0 Å². The fourth-order valence-corrected chi connectivity index (χ4v) is 4.48. The van der Waals surface area contributed by atoms with Gasteiger partial charge in [-0.2, -0.15) is 0 Å². The van der Waals surface area contributed by atoms with E-state index in [0.717, 1.165) is 25.7 Å². The fraction of sp³-hybridized carbons (Fsp3) is 0.588. The molecule has 2 rings (SSSR count). The minimum absolute atomic E-state index is 0.0137. The highest BCUT2D eigenvalue weighted by molar-refractivity contribution is 7.89. The molecule has 1 aromatic rings. The topological polar surface area (TPSA) is 90.9 Å². The van der Waals surface area contributed by atoms with Crippen LogP contribution in [0.3, 0.4) is 0 Å². The number of rotatable bonds is 7. The molecule has 1 fully saturated rings. The zero-order chi connectivity index (χ0) is 18.4. The molecular weight excluding hydrogens is 346 g/mol. The highest BCUT2D eigenvalue weighted by atomic mass is 32.2. The average Bonchev–Trinajstić information content (AvgIpc) is 2.65. The number of ether oxygens (including phenoxy) is 3. The van der Waals surface area contributed by atoms with Crippen LogP contribution in [0.25, 0.3) is 0 Å². The van der Waals surface area contributed by atoms with E-state index >= 15 is 0 Å². The molecule has 1 N–H and O–H groups in total. The molecule has 2 unspecified atom stereocenters.